The van der Waals surface area contributed by atoms with Gasteiger partial charge in [-0.2, -0.15) is 18.2 Å². The number of halogens is 3. The summed E-state index contributed by atoms with van der Waals surface area (Å²) in [5.41, 5.74) is -1.27. The van der Waals surface area contributed by atoms with Crippen LogP contribution in [0.2, 0.25) is 0 Å². The van der Waals surface area contributed by atoms with Crippen molar-refractivity contribution < 1.29 is 31.4 Å². The van der Waals surface area contributed by atoms with Gasteiger partial charge < -0.3 is 9.84 Å². The third-order valence-corrected chi connectivity index (χ3v) is 3.91. The minimum absolute atomic E-state index is 0.372. The molecule has 0 aromatic carbocycles. The highest BCUT2D eigenvalue weighted by Gasteiger charge is 2.38. The van der Waals surface area contributed by atoms with Gasteiger partial charge in [0.05, 0.1) is 6.10 Å². The molecule has 2 rings (SSSR count). The van der Waals surface area contributed by atoms with Gasteiger partial charge in [0.2, 0.25) is 20.9 Å². The first-order chi connectivity index (χ1) is 9.59. The lowest BCUT2D eigenvalue weighted by molar-refractivity contribution is -0.140. The highest BCUT2D eigenvalue weighted by molar-refractivity contribution is 7.90. The molecule has 0 radical (unpaired) electrons. The van der Waals surface area contributed by atoms with Crippen molar-refractivity contribution in [1.82, 2.24) is 9.97 Å². The molecule has 1 N–H and O–H groups in total. The van der Waals surface area contributed by atoms with Crippen molar-refractivity contribution >= 4 is 9.84 Å². The van der Waals surface area contributed by atoms with Gasteiger partial charge in [-0.15, -0.1) is 0 Å². The molecule has 1 aromatic heterocycles. The highest BCUT2D eigenvalue weighted by Crippen LogP contribution is 2.36. The summed E-state index contributed by atoms with van der Waals surface area (Å²) in [6, 6.07) is 0. The number of aliphatic hydroxyl groups excluding tert-OH is 1. The van der Waals surface area contributed by atoms with Crippen molar-refractivity contribution in [3.05, 3.63) is 11.8 Å². The van der Waals surface area contributed by atoms with Crippen LogP contribution in [0, 0.1) is 0 Å². The second kappa shape index (κ2) is 5.41. The van der Waals surface area contributed by atoms with E-state index in [9.17, 15) is 26.7 Å². The van der Waals surface area contributed by atoms with E-state index in [1.54, 1.807) is 0 Å². The minimum Gasteiger partial charge on any atom is -0.471 e. The van der Waals surface area contributed by atoms with E-state index in [4.69, 9.17) is 4.74 Å². The highest BCUT2D eigenvalue weighted by atomic mass is 32.2. The Morgan fingerprint density at radius 2 is 2.05 bits per heavy atom. The van der Waals surface area contributed by atoms with Gasteiger partial charge >= 0.3 is 6.18 Å². The molecule has 2 unspecified atom stereocenters. The monoisotopic (exact) mass is 326 g/mol. The number of aromatic nitrogens is 2. The summed E-state index contributed by atoms with van der Waals surface area (Å²) in [7, 11) is -3.87. The van der Waals surface area contributed by atoms with E-state index in [-0.39, 0.29) is 0 Å². The molecule has 1 fully saturated rings. The number of nitrogens with zero attached hydrogens (tertiary/aromatic N) is 2. The van der Waals surface area contributed by atoms with Crippen LogP contribution in [0.5, 0.6) is 5.88 Å². The van der Waals surface area contributed by atoms with Gasteiger partial charge in [0, 0.05) is 12.5 Å². The fourth-order valence-corrected chi connectivity index (χ4v) is 2.49. The molecule has 1 saturated carbocycles. The smallest absolute Gasteiger partial charge is 0.423 e. The lowest BCUT2D eigenvalue weighted by Crippen LogP contribution is -2.27. The zero-order chi connectivity index (χ0) is 15.8. The summed E-state index contributed by atoms with van der Waals surface area (Å²) in [5.74, 6) is -0.871. The van der Waals surface area contributed by atoms with Crippen LogP contribution < -0.4 is 4.74 Å². The van der Waals surface area contributed by atoms with Crippen molar-refractivity contribution in [2.24, 2.45) is 0 Å². The Morgan fingerprint density at radius 3 is 2.52 bits per heavy atom. The first-order valence-corrected chi connectivity index (χ1v) is 7.97. The van der Waals surface area contributed by atoms with Crippen molar-refractivity contribution in [3.8, 4) is 5.88 Å². The summed E-state index contributed by atoms with van der Waals surface area (Å²) in [4.78, 5) is 6.57. The molecule has 2 atom stereocenters. The van der Waals surface area contributed by atoms with Crippen molar-refractivity contribution in [1.29, 1.82) is 0 Å². The van der Waals surface area contributed by atoms with Gasteiger partial charge in [0.15, 0.2) is 0 Å². The van der Waals surface area contributed by atoms with Crippen LogP contribution in [0.4, 0.5) is 13.2 Å². The standard InChI is InChI=1S/C11H13F3N2O4S/c1-21(18,19)10-15-5-6(11(12,13)14)9(16-10)20-8-4-2-3-7(8)17/h5,7-8,17H,2-4H2,1H3. The van der Waals surface area contributed by atoms with Crippen LogP contribution in [0.3, 0.4) is 0 Å². The third-order valence-electron chi connectivity index (χ3n) is 3.05. The van der Waals surface area contributed by atoms with Crippen LogP contribution in [-0.4, -0.2) is 42.0 Å². The zero-order valence-corrected chi connectivity index (χ0v) is 11.8. The van der Waals surface area contributed by atoms with E-state index >= 15 is 0 Å². The molecule has 21 heavy (non-hydrogen) atoms. The topological polar surface area (TPSA) is 89.4 Å². The summed E-state index contributed by atoms with van der Waals surface area (Å²) >= 11 is 0. The normalized spacial score (nSPS) is 23.3. The third kappa shape index (κ3) is 3.62. The van der Waals surface area contributed by atoms with Crippen LogP contribution in [0.25, 0.3) is 0 Å². The molecule has 0 saturated heterocycles. The molecule has 6 nitrogen and oxygen atoms in total. The number of sulfone groups is 1. The zero-order valence-electron chi connectivity index (χ0n) is 11.0. The quantitative estimate of drug-likeness (QED) is 0.839. The first kappa shape index (κ1) is 16.0. The number of alkyl halides is 3. The molecule has 0 spiro atoms. The number of rotatable bonds is 3. The van der Waals surface area contributed by atoms with Crippen molar-refractivity contribution in [3.63, 3.8) is 0 Å². The van der Waals surface area contributed by atoms with Gasteiger partial charge in [0.1, 0.15) is 11.7 Å². The molecule has 0 aliphatic heterocycles. The first-order valence-electron chi connectivity index (χ1n) is 6.08. The van der Waals surface area contributed by atoms with Crippen molar-refractivity contribution in [2.75, 3.05) is 6.26 Å². The predicted molar refractivity (Wildman–Crippen MR) is 64.4 cm³/mol. The molecule has 1 aliphatic rings. The molecule has 0 bridgehead atoms. The Kier molecular flexibility index (Phi) is 4.11. The maximum absolute atomic E-state index is 12.9. The average Bonchev–Trinajstić information content (AvgIpc) is 2.72. The van der Waals surface area contributed by atoms with E-state index in [1.807, 2.05) is 0 Å². The number of ether oxygens (including phenoxy) is 1. The van der Waals surface area contributed by atoms with Crippen LogP contribution >= 0.6 is 0 Å². The largest absolute Gasteiger partial charge is 0.471 e. The van der Waals surface area contributed by atoms with Crippen molar-refractivity contribution in [2.45, 2.75) is 42.8 Å². The van der Waals surface area contributed by atoms with Crippen LogP contribution in [0.1, 0.15) is 24.8 Å². The molecule has 118 valence electrons. The predicted octanol–water partition coefficient (Wildman–Crippen LogP) is 1.19. The molecule has 1 aromatic rings. The molecule has 1 aliphatic carbocycles. The van der Waals surface area contributed by atoms with Gasteiger partial charge in [-0.1, -0.05) is 0 Å². The fourth-order valence-electron chi connectivity index (χ4n) is 2.00. The molecule has 1 heterocycles. The summed E-state index contributed by atoms with van der Waals surface area (Å²) in [6.07, 6.45) is -3.97. The van der Waals surface area contributed by atoms with Gasteiger partial charge in [-0.3, -0.25) is 0 Å². The van der Waals surface area contributed by atoms with E-state index in [0.717, 1.165) is 6.26 Å². The second-order valence-corrected chi connectivity index (χ2v) is 6.71. The summed E-state index contributed by atoms with van der Waals surface area (Å²) in [6.45, 7) is 0. The van der Waals surface area contributed by atoms with E-state index in [0.29, 0.717) is 25.5 Å². The number of hydrogen-bond acceptors (Lipinski definition) is 6. The second-order valence-electron chi connectivity index (χ2n) is 4.80. The Hall–Kier alpha value is -1.42. The molecular weight excluding hydrogens is 313 g/mol. The molecule has 0 amide bonds. The Balaban J connectivity index is 2.43. The Morgan fingerprint density at radius 1 is 1.38 bits per heavy atom. The SMILES string of the molecule is CS(=O)(=O)c1ncc(C(F)(F)F)c(OC2CCCC2O)n1. The average molecular weight is 326 g/mol. The van der Waals surface area contributed by atoms with Crippen LogP contribution in [0.15, 0.2) is 11.4 Å². The van der Waals surface area contributed by atoms with E-state index in [2.05, 4.69) is 9.97 Å². The molecule has 10 heteroatoms. The maximum atomic E-state index is 12.9. The Labute approximate surface area is 118 Å². The Bertz CT molecular complexity index is 633. The van der Waals surface area contributed by atoms with E-state index < -0.39 is 44.8 Å². The maximum Gasteiger partial charge on any atom is 0.423 e. The van der Waals surface area contributed by atoms with Gasteiger partial charge in [-0.05, 0) is 19.3 Å². The summed E-state index contributed by atoms with van der Waals surface area (Å²) in [5, 5.41) is 8.85. The number of hydrogen-bond donors (Lipinski definition) is 1. The fraction of sp³-hybridized carbons (Fsp3) is 0.636. The minimum atomic E-state index is -4.78. The molecular formula is C11H13F3N2O4S. The number of aliphatic hydroxyl groups is 1. The van der Waals surface area contributed by atoms with Gasteiger partial charge in [-0.25, -0.2) is 13.4 Å². The van der Waals surface area contributed by atoms with Crippen LogP contribution in [-0.2, 0) is 16.0 Å². The lowest BCUT2D eigenvalue weighted by Gasteiger charge is -2.19. The lowest BCUT2D eigenvalue weighted by atomic mass is 10.2. The van der Waals surface area contributed by atoms with E-state index in [1.165, 1.54) is 0 Å². The van der Waals surface area contributed by atoms with Gasteiger partial charge in [0.25, 0.3) is 0 Å². The summed E-state index contributed by atoms with van der Waals surface area (Å²) < 4.78 is 66.4.